The molecule has 6 nitrogen and oxygen atoms in total. The molecule has 0 saturated carbocycles. The minimum atomic E-state index is -3.62. The number of nitrogens with one attached hydrogen (secondary N) is 1. The maximum absolute atomic E-state index is 13.2. The molecule has 7 heteroatoms. The van der Waals surface area contributed by atoms with Crippen molar-refractivity contribution in [2.24, 2.45) is 11.8 Å². The molecule has 0 aromatic heterocycles. The van der Waals surface area contributed by atoms with Crippen molar-refractivity contribution >= 4 is 15.9 Å². The first-order valence-electron chi connectivity index (χ1n) is 11.3. The number of piperidine rings is 1. The van der Waals surface area contributed by atoms with Gasteiger partial charge < -0.3 is 10.2 Å². The van der Waals surface area contributed by atoms with E-state index in [1.807, 2.05) is 12.1 Å². The second-order valence-electron chi connectivity index (χ2n) is 9.13. The van der Waals surface area contributed by atoms with E-state index >= 15 is 0 Å². The van der Waals surface area contributed by atoms with Crippen LogP contribution in [-0.2, 0) is 23.1 Å². The number of carbonyl (C=O) groups is 1. The van der Waals surface area contributed by atoms with Crippen molar-refractivity contribution in [2.45, 2.75) is 45.2 Å². The van der Waals surface area contributed by atoms with Crippen LogP contribution in [0.25, 0.3) is 0 Å². The van der Waals surface area contributed by atoms with Crippen molar-refractivity contribution in [2.75, 3.05) is 26.7 Å². The summed E-state index contributed by atoms with van der Waals surface area (Å²) in [5, 5.41) is 2.92. The molecule has 174 valence electrons. The summed E-state index contributed by atoms with van der Waals surface area (Å²) in [5.74, 6) is 0.374. The molecule has 0 radical (unpaired) electrons. The second-order valence-corrected chi connectivity index (χ2v) is 11.1. The Labute approximate surface area is 192 Å². The minimum Gasteiger partial charge on any atom is -0.348 e. The van der Waals surface area contributed by atoms with Gasteiger partial charge in [0.2, 0.25) is 10.0 Å². The van der Waals surface area contributed by atoms with Crippen molar-refractivity contribution in [3.05, 3.63) is 65.2 Å². The maximum atomic E-state index is 13.2. The molecule has 0 bridgehead atoms. The Bertz CT molecular complexity index is 1030. The van der Waals surface area contributed by atoms with Crippen LogP contribution in [0.15, 0.2) is 53.4 Å². The van der Waals surface area contributed by atoms with Gasteiger partial charge in [-0.2, -0.15) is 4.31 Å². The summed E-state index contributed by atoms with van der Waals surface area (Å²) in [6.45, 7) is 9.53. The Balaban J connectivity index is 1.69. The lowest BCUT2D eigenvalue weighted by Crippen LogP contribution is -2.42. The van der Waals surface area contributed by atoms with Crippen LogP contribution < -0.4 is 5.32 Å². The zero-order valence-corrected chi connectivity index (χ0v) is 20.4. The molecule has 32 heavy (non-hydrogen) atoms. The van der Waals surface area contributed by atoms with E-state index in [1.54, 1.807) is 22.5 Å². The molecule has 0 aliphatic carbocycles. The average Bonchev–Trinajstić information content (AvgIpc) is 2.77. The first-order chi connectivity index (χ1) is 15.2. The van der Waals surface area contributed by atoms with Crippen LogP contribution in [0.3, 0.4) is 0 Å². The monoisotopic (exact) mass is 457 g/mol. The van der Waals surface area contributed by atoms with E-state index in [0.29, 0.717) is 37.0 Å². The van der Waals surface area contributed by atoms with E-state index in [2.05, 4.69) is 50.2 Å². The van der Waals surface area contributed by atoms with Crippen molar-refractivity contribution < 1.29 is 13.2 Å². The van der Waals surface area contributed by atoms with Crippen LogP contribution in [0.5, 0.6) is 0 Å². The highest BCUT2D eigenvalue weighted by Gasteiger charge is 2.31. The van der Waals surface area contributed by atoms with Gasteiger partial charge >= 0.3 is 0 Å². The lowest BCUT2D eigenvalue weighted by Gasteiger charge is -2.34. The van der Waals surface area contributed by atoms with Gasteiger partial charge in [-0.05, 0) is 61.2 Å². The third kappa shape index (κ3) is 6.18. The minimum absolute atomic E-state index is 0.177. The van der Waals surface area contributed by atoms with Crippen LogP contribution in [0, 0.1) is 11.8 Å². The van der Waals surface area contributed by atoms with Crippen molar-refractivity contribution in [3.8, 4) is 0 Å². The number of carbonyl (C=O) groups excluding carboxylic acids is 1. The quantitative estimate of drug-likeness (QED) is 0.656. The van der Waals surface area contributed by atoms with E-state index in [0.717, 1.165) is 25.1 Å². The molecule has 1 heterocycles. The molecular formula is C25H35N3O3S. The smallest absolute Gasteiger partial charge is 0.251 e. The first-order valence-corrected chi connectivity index (χ1v) is 12.8. The first kappa shape index (κ1) is 24.4. The second kappa shape index (κ2) is 10.6. The van der Waals surface area contributed by atoms with E-state index in [1.165, 1.54) is 11.6 Å². The molecule has 2 atom stereocenters. The number of benzene rings is 2. The summed E-state index contributed by atoms with van der Waals surface area (Å²) in [6.07, 6.45) is 1.03. The highest BCUT2D eigenvalue weighted by atomic mass is 32.2. The van der Waals surface area contributed by atoms with E-state index in [9.17, 15) is 13.2 Å². The van der Waals surface area contributed by atoms with Gasteiger partial charge in [0.1, 0.15) is 0 Å². The van der Waals surface area contributed by atoms with Crippen molar-refractivity contribution in [3.63, 3.8) is 0 Å². The molecule has 1 aliphatic rings. The molecule has 0 spiro atoms. The van der Waals surface area contributed by atoms with Crippen LogP contribution in [0.1, 0.15) is 48.7 Å². The Morgan fingerprint density at radius 1 is 1.06 bits per heavy atom. The summed E-state index contributed by atoms with van der Waals surface area (Å²) < 4.78 is 27.9. The lowest BCUT2D eigenvalue weighted by molar-refractivity contribution is 0.0950. The van der Waals surface area contributed by atoms with Gasteiger partial charge in [0.15, 0.2) is 0 Å². The summed E-state index contributed by atoms with van der Waals surface area (Å²) >= 11 is 0. The Kier molecular flexibility index (Phi) is 8.09. The Morgan fingerprint density at radius 2 is 1.72 bits per heavy atom. The lowest BCUT2D eigenvalue weighted by atomic mass is 9.94. The molecule has 2 aromatic carbocycles. The van der Waals surface area contributed by atoms with Crippen LogP contribution >= 0.6 is 0 Å². The SMILES string of the molecule is CCN(C)Cc1cccc(CNC(=O)c2cccc(S(=O)(=O)N3CC(C)CC(C)C3)c2)c1. The molecule has 2 aromatic rings. The topological polar surface area (TPSA) is 69.7 Å². The molecule has 1 aliphatic heterocycles. The molecule has 1 N–H and O–H groups in total. The largest absolute Gasteiger partial charge is 0.348 e. The van der Waals surface area contributed by atoms with E-state index < -0.39 is 10.0 Å². The summed E-state index contributed by atoms with van der Waals surface area (Å²) in [5.41, 5.74) is 2.56. The predicted octanol–water partition coefficient (Wildman–Crippen LogP) is 3.73. The third-order valence-corrected chi connectivity index (χ3v) is 7.83. The predicted molar refractivity (Wildman–Crippen MR) is 128 cm³/mol. The normalized spacial score (nSPS) is 19.8. The van der Waals surface area contributed by atoms with Crippen LogP contribution in [-0.4, -0.2) is 50.2 Å². The fourth-order valence-electron chi connectivity index (χ4n) is 4.29. The van der Waals surface area contributed by atoms with Gasteiger partial charge in [-0.3, -0.25) is 4.79 Å². The van der Waals surface area contributed by atoms with E-state index in [-0.39, 0.29) is 10.8 Å². The summed E-state index contributed by atoms with van der Waals surface area (Å²) in [6, 6.07) is 14.5. The van der Waals surface area contributed by atoms with Gasteiger partial charge in [0.25, 0.3) is 5.91 Å². The van der Waals surface area contributed by atoms with Gasteiger partial charge in [-0.1, -0.05) is 51.1 Å². The fraction of sp³-hybridized carbons (Fsp3) is 0.480. The number of rotatable bonds is 8. The molecular weight excluding hydrogens is 422 g/mol. The van der Waals surface area contributed by atoms with Crippen molar-refractivity contribution in [1.82, 2.24) is 14.5 Å². The van der Waals surface area contributed by atoms with Crippen LogP contribution in [0.2, 0.25) is 0 Å². The molecule has 1 saturated heterocycles. The average molecular weight is 458 g/mol. The van der Waals surface area contributed by atoms with Gasteiger partial charge in [-0.15, -0.1) is 0 Å². The standard InChI is InChI=1S/C25H35N3O3S/c1-5-27(4)18-22-9-6-8-21(13-22)15-26-25(29)23-10-7-11-24(14-23)32(30,31)28-16-19(2)12-20(3)17-28/h6-11,13-14,19-20H,5,12,15-18H2,1-4H3,(H,26,29). The molecule has 2 unspecified atom stereocenters. The zero-order chi connectivity index (χ0) is 23.3. The molecule has 1 fully saturated rings. The van der Waals surface area contributed by atoms with Gasteiger partial charge in [0.05, 0.1) is 4.90 Å². The highest BCUT2D eigenvalue weighted by molar-refractivity contribution is 7.89. The van der Waals surface area contributed by atoms with E-state index in [4.69, 9.17) is 0 Å². The molecule has 3 rings (SSSR count). The summed E-state index contributed by atoms with van der Waals surface area (Å²) in [4.78, 5) is 15.2. The Morgan fingerprint density at radius 3 is 2.41 bits per heavy atom. The number of hydrogen-bond acceptors (Lipinski definition) is 4. The molecule has 1 amide bonds. The maximum Gasteiger partial charge on any atom is 0.251 e. The van der Waals surface area contributed by atoms with Gasteiger partial charge in [-0.25, -0.2) is 8.42 Å². The Hall–Kier alpha value is -2.22. The zero-order valence-electron chi connectivity index (χ0n) is 19.5. The number of sulfonamides is 1. The number of amides is 1. The van der Waals surface area contributed by atoms with Crippen molar-refractivity contribution in [1.29, 1.82) is 0 Å². The number of hydrogen-bond donors (Lipinski definition) is 1. The highest BCUT2D eigenvalue weighted by Crippen LogP contribution is 2.27. The van der Waals surface area contributed by atoms with Crippen LogP contribution in [0.4, 0.5) is 0 Å². The van der Waals surface area contributed by atoms with Gasteiger partial charge in [0, 0.05) is 31.7 Å². The summed E-state index contributed by atoms with van der Waals surface area (Å²) in [7, 11) is -1.55. The number of nitrogens with zero attached hydrogens (tertiary/aromatic N) is 2. The third-order valence-electron chi connectivity index (χ3n) is 6.01. The fourth-order valence-corrected chi connectivity index (χ4v) is 6.02.